The van der Waals surface area contributed by atoms with E-state index in [1.165, 1.54) is 32.5 Å². The summed E-state index contributed by atoms with van der Waals surface area (Å²) in [6, 6.07) is 0.667. The first-order chi connectivity index (χ1) is 5.74. The Labute approximate surface area is 84.7 Å². The lowest BCUT2D eigenvalue weighted by molar-refractivity contribution is 0.291. The molecule has 1 atom stereocenters. The fourth-order valence-electron chi connectivity index (χ4n) is 1.31. The lowest BCUT2D eigenvalue weighted by Crippen LogP contribution is -2.27. The summed E-state index contributed by atoms with van der Waals surface area (Å²) in [5.41, 5.74) is 0. The zero-order valence-electron chi connectivity index (χ0n) is 9.06. The van der Waals surface area contributed by atoms with Crippen LogP contribution in [-0.4, -0.2) is 37.6 Å². The van der Waals surface area contributed by atoms with E-state index < -0.39 is 0 Å². The normalized spacial score (nSPS) is 12.7. The second-order valence-corrected chi connectivity index (χ2v) is 3.36. The van der Waals surface area contributed by atoms with Crippen molar-refractivity contribution in [3.63, 3.8) is 0 Å². The minimum atomic E-state index is 0. The number of rotatable bonds is 7. The highest BCUT2D eigenvalue weighted by Gasteiger charge is 2.00. The zero-order chi connectivity index (χ0) is 9.40. The molecule has 0 aliphatic rings. The van der Waals surface area contributed by atoms with Crippen LogP contribution >= 0.6 is 0 Å². The number of hydrogen-bond acceptors (Lipinski definition) is 2. The van der Waals surface area contributed by atoms with Gasteiger partial charge in [0.05, 0.1) is 0 Å². The van der Waals surface area contributed by atoms with E-state index in [0.29, 0.717) is 6.04 Å². The molecule has 82 valence electrons. The van der Waals surface area contributed by atoms with Crippen LogP contribution in [0.4, 0.5) is 0 Å². The Morgan fingerprint density at radius 1 is 1.23 bits per heavy atom. The lowest BCUT2D eigenvalue weighted by atomic mass is 10.2. The van der Waals surface area contributed by atoms with Crippen LogP contribution in [0.2, 0.25) is 0 Å². The topological polar surface area (TPSA) is 15.3 Å². The molecule has 0 spiro atoms. The predicted molar refractivity (Wildman–Crippen MR) is 62.3 cm³/mol. The van der Waals surface area contributed by atoms with Crippen molar-refractivity contribution in [3.8, 4) is 0 Å². The van der Waals surface area contributed by atoms with E-state index in [2.05, 4.69) is 31.0 Å². The number of nitrogens with zero attached hydrogens (tertiary/aromatic N) is 1. The van der Waals surface area contributed by atoms with Gasteiger partial charge in [-0.3, -0.25) is 0 Å². The fourth-order valence-corrected chi connectivity index (χ4v) is 1.31. The Balaban J connectivity index is 0. The molecule has 1 N–H and O–H groups in total. The Hall–Kier alpha value is -0.0800. The van der Waals surface area contributed by atoms with Crippen molar-refractivity contribution < 1.29 is 0 Å². The average Bonchev–Trinajstić information content (AvgIpc) is 2.12. The maximum absolute atomic E-state index is 3.26. The van der Waals surface area contributed by atoms with Crippen LogP contribution in [0.1, 0.15) is 41.0 Å². The molecule has 0 fully saturated rings. The molecule has 2 heteroatoms. The van der Waals surface area contributed by atoms with Crippen LogP contribution in [0.3, 0.4) is 0 Å². The summed E-state index contributed by atoms with van der Waals surface area (Å²) < 4.78 is 0. The van der Waals surface area contributed by atoms with E-state index in [4.69, 9.17) is 0 Å². The van der Waals surface area contributed by atoms with Crippen molar-refractivity contribution in [1.82, 2.24) is 10.2 Å². The van der Waals surface area contributed by atoms with Crippen molar-refractivity contribution in [3.05, 3.63) is 0 Å². The standard InChI is InChI=1S/C10H24N2.CH4/c1-5-12(6-2)9-7-8-10(3)11-4;/h10-11H,5-9H2,1-4H3;1H4. The molecule has 0 saturated carbocycles. The maximum Gasteiger partial charge on any atom is 0.00362 e. The predicted octanol–water partition coefficient (Wildman–Crippen LogP) is 2.35. The molecule has 13 heavy (non-hydrogen) atoms. The summed E-state index contributed by atoms with van der Waals surface area (Å²) in [6.45, 7) is 10.3. The summed E-state index contributed by atoms with van der Waals surface area (Å²) in [6.07, 6.45) is 2.59. The second-order valence-electron chi connectivity index (χ2n) is 3.36. The Morgan fingerprint density at radius 2 is 1.77 bits per heavy atom. The van der Waals surface area contributed by atoms with Gasteiger partial charge in [-0.25, -0.2) is 0 Å². The maximum atomic E-state index is 3.26. The molecule has 2 nitrogen and oxygen atoms in total. The molecule has 0 bridgehead atoms. The summed E-state index contributed by atoms with van der Waals surface area (Å²) in [5, 5.41) is 3.26. The Bertz CT molecular complexity index is 90.1. The highest BCUT2D eigenvalue weighted by Crippen LogP contribution is 1.98. The minimum Gasteiger partial charge on any atom is -0.317 e. The molecule has 0 rings (SSSR count). The highest BCUT2D eigenvalue weighted by molar-refractivity contribution is 4.59. The average molecular weight is 188 g/mol. The van der Waals surface area contributed by atoms with Crippen molar-refractivity contribution in [2.45, 2.75) is 47.1 Å². The van der Waals surface area contributed by atoms with Crippen molar-refractivity contribution in [2.75, 3.05) is 26.7 Å². The van der Waals surface area contributed by atoms with Gasteiger partial charge in [0.15, 0.2) is 0 Å². The smallest absolute Gasteiger partial charge is 0.00362 e. The second kappa shape index (κ2) is 10.0. The third-order valence-corrected chi connectivity index (χ3v) is 2.50. The Kier molecular flexibility index (Phi) is 11.8. The third kappa shape index (κ3) is 8.26. The quantitative estimate of drug-likeness (QED) is 0.660. The van der Waals surface area contributed by atoms with Crippen LogP contribution in [0, 0.1) is 0 Å². The molecule has 0 aromatic heterocycles. The molecule has 0 aromatic rings. The summed E-state index contributed by atoms with van der Waals surface area (Å²) in [5.74, 6) is 0. The van der Waals surface area contributed by atoms with E-state index >= 15 is 0 Å². The first kappa shape index (κ1) is 15.4. The van der Waals surface area contributed by atoms with Gasteiger partial charge in [0.1, 0.15) is 0 Å². The first-order valence-electron chi connectivity index (χ1n) is 5.14. The van der Waals surface area contributed by atoms with Gasteiger partial charge in [0, 0.05) is 6.04 Å². The van der Waals surface area contributed by atoms with E-state index in [1.807, 2.05) is 7.05 Å². The summed E-state index contributed by atoms with van der Waals surface area (Å²) in [4.78, 5) is 2.47. The van der Waals surface area contributed by atoms with Gasteiger partial charge < -0.3 is 10.2 Å². The molecule has 0 aliphatic heterocycles. The summed E-state index contributed by atoms with van der Waals surface area (Å²) in [7, 11) is 2.03. The van der Waals surface area contributed by atoms with Crippen LogP contribution in [0.5, 0.6) is 0 Å². The van der Waals surface area contributed by atoms with Gasteiger partial charge in [-0.2, -0.15) is 0 Å². The van der Waals surface area contributed by atoms with E-state index in [1.54, 1.807) is 0 Å². The fraction of sp³-hybridized carbons (Fsp3) is 1.00. The van der Waals surface area contributed by atoms with Crippen LogP contribution in [0.25, 0.3) is 0 Å². The molecule has 0 aromatic carbocycles. The number of hydrogen-bond donors (Lipinski definition) is 1. The SMILES string of the molecule is C.CCN(CC)CCCC(C)NC. The van der Waals surface area contributed by atoms with Crippen molar-refractivity contribution >= 4 is 0 Å². The molecule has 1 unspecified atom stereocenters. The van der Waals surface area contributed by atoms with Gasteiger partial charge in [-0.1, -0.05) is 21.3 Å². The van der Waals surface area contributed by atoms with E-state index in [0.717, 1.165) is 0 Å². The van der Waals surface area contributed by atoms with Crippen LogP contribution < -0.4 is 5.32 Å². The summed E-state index contributed by atoms with van der Waals surface area (Å²) >= 11 is 0. The molecule has 0 radical (unpaired) electrons. The molecular weight excluding hydrogens is 160 g/mol. The largest absolute Gasteiger partial charge is 0.317 e. The van der Waals surface area contributed by atoms with Gasteiger partial charge in [-0.15, -0.1) is 0 Å². The van der Waals surface area contributed by atoms with Crippen LogP contribution in [-0.2, 0) is 0 Å². The van der Waals surface area contributed by atoms with Gasteiger partial charge in [0.2, 0.25) is 0 Å². The minimum absolute atomic E-state index is 0. The van der Waals surface area contributed by atoms with Crippen molar-refractivity contribution in [1.29, 1.82) is 0 Å². The Morgan fingerprint density at radius 3 is 2.15 bits per heavy atom. The molecule has 0 amide bonds. The first-order valence-corrected chi connectivity index (χ1v) is 5.14. The molecule has 0 saturated heterocycles. The van der Waals surface area contributed by atoms with Crippen molar-refractivity contribution in [2.24, 2.45) is 0 Å². The van der Waals surface area contributed by atoms with Gasteiger partial charge in [-0.05, 0) is 46.4 Å². The molecule has 0 aliphatic carbocycles. The number of nitrogens with one attached hydrogen (secondary N) is 1. The molecule has 0 heterocycles. The van der Waals surface area contributed by atoms with E-state index in [-0.39, 0.29) is 7.43 Å². The van der Waals surface area contributed by atoms with Crippen LogP contribution in [0.15, 0.2) is 0 Å². The highest BCUT2D eigenvalue weighted by atomic mass is 15.1. The van der Waals surface area contributed by atoms with E-state index in [9.17, 15) is 0 Å². The van der Waals surface area contributed by atoms with Gasteiger partial charge >= 0.3 is 0 Å². The lowest BCUT2D eigenvalue weighted by Gasteiger charge is -2.18. The van der Waals surface area contributed by atoms with Gasteiger partial charge in [0.25, 0.3) is 0 Å². The zero-order valence-corrected chi connectivity index (χ0v) is 9.06. The monoisotopic (exact) mass is 188 g/mol. The third-order valence-electron chi connectivity index (χ3n) is 2.50. The molecular formula is C11H28N2.